The number of phenolic OH excluding ortho intramolecular Hbond substituents is 1. The summed E-state index contributed by atoms with van der Waals surface area (Å²) in [5.41, 5.74) is 2.10. The Labute approximate surface area is 109 Å². The first-order chi connectivity index (χ1) is 8.74. The van der Waals surface area contributed by atoms with E-state index in [0.29, 0.717) is 25.5 Å². The molecule has 1 aromatic rings. The highest BCUT2D eigenvalue weighted by molar-refractivity contribution is 5.35. The molecule has 0 aliphatic rings. The Balaban J connectivity index is 2.09. The van der Waals surface area contributed by atoms with Crippen molar-refractivity contribution in [3.05, 3.63) is 29.3 Å². The van der Waals surface area contributed by atoms with Crippen LogP contribution in [0, 0.1) is 6.92 Å². The van der Waals surface area contributed by atoms with Gasteiger partial charge in [0.05, 0.1) is 13.2 Å². The Morgan fingerprint density at radius 2 is 2.06 bits per heavy atom. The van der Waals surface area contributed by atoms with Crippen molar-refractivity contribution in [1.29, 1.82) is 0 Å². The average Bonchev–Trinajstić information content (AvgIpc) is 2.36. The van der Waals surface area contributed by atoms with Crippen molar-refractivity contribution in [2.75, 3.05) is 33.5 Å². The summed E-state index contributed by atoms with van der Waals surface area (Å²) in [4.78, 5) is 0. The minimum Gasteiger partial charge on any atom is -0.508 e. The molecule has 0 aliphatic heterocycles. The molecule has 0 aliphatic carbocycles. The molecule has 2 N–H and O–H groups in total. The molecule has 18 heavy (non-hydrogen) atoms. The van der Waals surface area contributed by atoms with Crippen molar-refractivity contribution in [3.63, 3.8) is 0 Å². The van der Waals surface area contributed by atoms with Crippen molar-refractivity contribution in [2.45, 2.75) is 19.9 Å². The number of methoxy groups -OCH3 is 1. The van der Waals surface area contributed by atoms with Gasteiger partial charge in [-0.25, -0.2) is 0 Å². The third kappa shape index (κ3) is 6.00. The van der Waals surface area contributed by atoms with E-state index < -0.39 is 0 Å². The van der Waals surface area contributed by atoms with Gasteiger partial charge in [-0.15, -0.1) is 0 Å². The number of phenols is 1. The summed E-state index contributed by atoms with van der Waals surface area (Å²) >= 11 is 0. The lowest BCUT2D eigenvalue weighted by Crippen LogP contribution is -2.17. The van der Waals surface area contributed by atoms with Gasteiger partial charge in [0.25, 0.3) is 0 Å². The standard InChI is InChI=1S/C14H23NO3/c1-12-4-5-14(16)13(10-12)11-15-6-3-7-18-9-8-17-2/h4-5,10,15-16H,3,6-9,11H2,1-2H3. The van der Waals surface area contributed by atoms with Crippen LogP contribution in [-0.2, 0) is 16.0 Å². The summed E-state index contributed by atoms with van der Waals surface area (Å²) in [6.07, 6.45) is 0.955. The SMILES string of the molecule is COCCOCCCNCc1cc(C)ccc1O. The van der Waals surface area contributed by atoms with Crippen LogP contribution in [0.15, 0.2) is 18.2 Å². The van der Waals surface area contributed by atoms with E-state index in [0.717, 1.165) is 30.7 Å². The molecule has 0 atom stereocenters. The summed E-state index contributed by atoms with van der Waals surface area (Å²) in [6.45, 7) is 5.61. The van der Waals surface area contributed by atoms with Crippen LogP contribution in [0.25, 0.3) is 0 Å². The molecule has 0 amide bonds. The number of ether oxygens (including phenoxy) is 2. The molecule has 1 aromatic carbocycles. The quantitative estimate of drug-likeness (QED) is 0.659. The molecular formula is C14H23NO3. The van der Waals surface area contributed by atoms with Gasteiger partial charge in [0.1, 0.15) is 5.75 Å². The van der Waals surface area contributed by atoms with Crippen LogP contribution in [-0.4, -0.2) is 38.6 Å². The van der Waals surface area contributed by atoms with Crippen LogP contribution in [0.1, 0.15) is 17.5 Å². The number of aromatic hydroxyl groups is 1. The fourth-order valence-electron chi connectivity index (χ4n) is 1.62. The molecule has 102 valence electrons. The van der Waals surface area contributed by atoms with Crippen LogP contribution in [0.4, 0.5) is 0 Å². The first-order valence-corrected chi connectivity index (χ1v) is 6.30. The second-order valence-corrected chi connectivity index (χ2v) is 4.27. The smallest absolute Gasteiger partial charge is 0.120 e. The number of aryl methyl sites for hydroxylation is 1. The fourth-order valence-corrected chi connectivity index (χ4v) is 1.62. The molecule has 0 aromatic heterocycles. The summed E-state index contributed by atoms with van der Waals surface area (Å²) in [6, 6.07) is 5.64. The van der Waals surface area contributed by atoms with Crippen LogP contribution >= 0.6 is 0 Å². The third-order valence-corrected chi connectivity index (χ3v) is 2.62. The van der Waals surface area contributed by atoms with Crippen molar-refractivity contribution < 1.29 is 14.6 Å². The Hall–Kier alpha value is -1.10. The lowest BCUT2D eigenvalue weighted by Gasteiger charge is -2.08. The van der Waals surface area contributed by atoms with Crippen molar-refractivity contribution >= 4 is 0 Å². The highest BCUT2D eigenvalue weighted by atomic mass is 16.5. The van der Waals surface area contributed by atoms with Crippen LogP contribution < -0.4 is 5.32 Å². The van der Waals surface area contributed by atoms with E-state index in [1.165, 1.54) is 0 Å². The molecule has 1 rings (SSSR count). The maximum atomic E-state index is 9.66. The Morgan fingerprint density at radius 1 is 1.22 bits per heavy atom. The monoisotopic (exact) mass is 253 g/mol. The van der Waals surface area contributed by atoms with Gasteiger partial charge in [0, 0.05) is 25.8 Å². The van der Waals surface area contributed by atoms with Gasteiger partial charge in [-0.2, -0.15) is 0 Å². The largest absolute Gasteiger partial charge is 0.508 e. The van der Waals surface area contributed by atoms with Crippen molar-refractivity contribution in [2.24, 2.45) is 0 Å². The van der Waals surface area contributed by atoms with Crippen LogP contribution in [0.3, 0.4) is 0 Å². The summed E-state index contributed by atoms with van der Waals surface area (Å²) in [5, 5.41) is 12.9. The molecular weight excluding hydrogens is 230 g/mol. The van der Waals surface area contributed by atoms with Gasteiger partial charge in [-0.05, 0) is 26.0 Å². The Morgan fingerprint density at radius 3 is 2.83 bits per heavy atom. The molecule has 0 unspecified atom stereocenters. The lowest BCUT2D eigenvalue weighted by molar-refractivity contribution is 0.0695. The number of benzene rings is 1. The number of hydrogen-bond acceptors (Lipinski definition) is 4. The second-order valence-electron chi connectivity index (χ2n) is 4.27. The molecule has 0 spiro atoms. The second kappa shape index (κ2) is 8.91. The summed E-state index contributed by atoms with van der Waals surface area (Å²) < 4.78 is 10.2. The zero-order valence-corrected chi connectivity index (χ0v) is 11.2. The van der Waals surface area contributed by atoms with E-state index in [4.69, 9.17) is 9.47 Å². The molecule has 0 heterocycles. The van der Waals surface area contributed by atoms with E-state index in [9.17, 15) is 5.11 Å². The number of nitrogens with one attached hydrogen (secondary N) is 1. The Kier molecular flexibility index (Phi) is 7.41. The Bertz CT molecular complexity index is 342. The molecule has 4 nitrogen and oxygen atoms in total. The predicted octanol–water partition coefficient (Wildman–Crippen LogP) is 1.84. The third-order valence-electron chi connectivity index (χ3n) is 2.62. The predicted molar refractivity (Wildman–Crippen MR) is 71.9 cm³/mol. The van der Waals surface area contributed by atoms with Crippen molar-refractivity contribution in [3.8, 4) is 5.75 Å². The number of rotatable bonds is 9. The minimum absolute atomic E-state index is 0.351. The normalized spacial score (nSPS) is 10.8. The fraction of sp³-hybridized carbons (Fsp3) is 0.571. The molecule has 0 bridgehead atoms. The van der Waals surface area contributed by atoms with Crippen molar-refractivity contribution in [1.82, 2.24) is 5.32 Å². The minimum atomic E-state index is 0.351. The molecule has 0 saturated heterocycles. The highest BCUT2D eigenvalue weighted by Crippen LogP contribution is 2.17. The number of hydrogen-bond donors (Lipinski definition) is 2. The molecule has 0 radical (unpaired) electrons. The van der Waals surface area contributed by atoms with E-state index in [1.807, 2.05) is 19.1 Å². The summed E-state index contributed by atoms with van der Waals surface area (Å²) in [7, 11) is 1.67. The first kappa shape index (κ1) is 15.0. The highest BCUT2D eigenvalue weighted by Gasteiger charge is 2.00. The van der Waals surface area contributed by atoms with Gasteiger partial charge in [-0.1, -0.05) is 17.7 Å². The van der Waals surface area contributed by atoms with Gasteiger partial charge in [-0.3, -0.25) is 0 Å². The zero-order chi connectivity index (χ0) is 13.2. The van der Waals surface area contributed by atoms with Crippen LogP contribution in [0.2, 0.25) is 0 Å². The first-order valence-electron chi connectivity index (χ1n) is 6.30. The van der Waals surface area contributed by atoms with Gasteiger partial charge in [0.15, 0.2) is 0 Å². The molecule has 0 saturated carbocycles. The summed E-state index contributed by atoms with van der Waals surface area (Å²) in [5.74, 6) is 0.351. The lowest BCUT2D eigenvalue weighted by atomic mass is 10.1. The average molecular weight is 253 g/mol. The van der Waals surface area contributed by atoms with E-state index in [-0.39, 0.29) is 0 Å². The van der Waals surface area contributed by atoms with Gasteiger partial charge < -0.3 is 19.9 Å². The zero-order valence-electron chi connectivity index (χ0n) is 11.2. The van der Waals surface area contributed by atoms with E-state index in [1.54, 1.807) is 13.2 Å². The van der Waals surface area contributed by atoms with E-state index in [2.05, 4.69) is 5.32 Å². The topological polar surface area (TPSA) is 50.7 Å². The van der Waals surface area contributed by atoms with Gasteiger partial charge >= 0.3 is 0 Å². The maximum Gasteiger partial charge on any atom is 0.120 e. The van der Waals surface area contributed by atoms with E-state index >= 15 is 0 Å². The van der Waals surface area contributed by atoms with Crippen LogP contribution in [0.5, 0.6) is 5.75 Å². The molecule has 4 heteroatoms. The van der Waals surface area contributed by atoms with Gasteiger partial charge in [0.2, 0.25) is 0 Å². The maximum absolute atomic E-state index is 9.66. The molecule has 0 fully saturated rings.